The van der Waals surface area contributed by atoms with Crippen molar-refractivity contribution < 1.29 is 9.21 Å². The minimum absolute atomic E-state index is 0.0343. The predicted molar refractivity (Wildman–Crippen MR) is 104 cm³/mol. The van der Waals surface area contributed by atoms with Crippen molar-refractivity contribution in [1.82, 2.24) is 9.80 Å². The topological polar surface area (TPSA) is 36.7 Å². The van der Waals surface area contributed by atoms with E-state index in [2.05, 4.69) is 45.1 Å². The van der Waals surface area contributed by atoms with Crippen LogP contribution < -0.4 is 0 Å². The third kappa shape index (κ3) is 5.44. The van der Waals surface area contributed by atoms with Crippen molar-refractivity contribution in [2.45, 2.75) is 0 Å². The maximum atomic E-state index is 12.2. The molecule has 0 saturated carbocycles. The molecule has 1 aromatic carbocycles. The molecule has 4 nitrogen and oxygen atoms in total. The van der Waals surface area contributed by atoms with Crippen LogP contribution in [0.4, 0.5) is 0 Å². The Kier molecular flexibility index (Phi) is 6.25. The summed E-state index contributed by atoms with van der Waals surface area (Å²) in [6.07, 6.45) is 7.61. The number of carbonyl (C=O) groups is 1. The first kappa shape index (κ1) is 17.7. The predicted octanol–water partition coefficient (Wildman–Crippen LogP) is 3.91. The maximum absolute atomic E-state index is 12.2. The first-order chi connectivity index (χ1) is 12.2. The summed E-state index contributed by atoms with van der Waals surface area (Å²) >= 11 is 3.25. The van der Waals surface area contributed by atoms with Crippen LogP contribution in [0.15, 0.2) is 63.7 Å². The number of hydrogen-bond donors (Lipinski definition) is 0. The average molecular weight is 401 g/mol. The highest BCUT2D eigenvalue weighted by Gasteiger charge is 2.18. The van der Waals surface area contributed by atoms with E-state index in [4.69, 9.17) is 4.42 Å². The van der Waals surface area contributed by atoms with Crippen LogP contribution in [0.2, 0.25) is 0 Å². The Hall–Kier alpha value is -2.11. The van der Waals surface area contributed by atoms with Crippen molar-refractivity contribution >= 4 is 34.0 Å². The number of piperazine rings is 1. The molecule has 3 rings (SSSR count). The Morgan fingerprint density at radius 1 is 1.04 bits per heavy atom. The third-order valence-corrected chi connectivity index (χ3v) is 4.57. The number of benzene rings is 1. The summed E-state index contributed by atoms with van der Waals surface area (Å²) in [5, 5.41) is 0. The molecule has 1 amide bonds. The standard InChI is InChI=1S/C20H21BrN2O2/c21-19-10-8-18(25-19)9-11-20(24)23-15-13-22(14-16-23)12-4-7-17-5-2-1-3-6-17/h1-11H,12-16H2. The molecule has 0 bridgehead atoms. The molecule has 25 heavy (non-hydrogen) atoms. The Bertz CT molecular complexity index is 744. The van der Waals surface area contributed by atoms with Crippen molar-refractivity contribution in [3.63, 3.8) is 0 Å². The smallest absolute Gasteiger partial charge is 0.246 e. The minimum atomic E-state index is 0.0343. The van der Waals surface area contributed by atoms with Gasteiger partial charge in [-0.1, -0.05) is 42.5 Å². The Morgan fingerprint density at radius 3 is 2.48 bits per heavy atom. The maximum Gasteiger partial charge on any atom is 0.246 e. The lowest BCUT2D eigenvalue weighted by molar-refractivity contribution is -0.127. The molecular formula is C20H21BrN2O2. The molecule has 130 valence electrons. The third-order valence-electron chi connectivity index (χ3n) is 4.14. The van der Waals surface area contributed by atoms with Gasteiger partial charge in [-0.3, -0.25) is 9.69 Å². The Labute approximate surface area is 156 Å². The van der Waals surface area contributed by atoms with Crippen molar-refractivity contribution in [3.05, 3.63) is 70.6 Å². The quantitative estimate of drug-likeness (QED) is 0.713. The van der Waals surface area contributed by atoms with Crippen LogP contribution in [0.1, 0.15) is 11.3 Å². The van der Waals surface area contributed by atoms with E-state index in [0.29, 0.717) is 10.4 Å². The highest BCUT2D eigenvalue weighted by Crippen LogP contribution is 2.15. The molecule has 1 aliphatic heterocycles. The normalized spacial score (nSPS) is 16.1. The van der Waals surface area contributed by atoms with Crippen molar-refractivity contribution in [2.24, 2.45) is 0 Å². The highest BCUT2D eigenvalue weighted by molar-refractivity contribution is 9.10. The highest BCUT2D eigenvalue weighted by atomic mass is 79.9. The fourth-order valence-electron chi connectivity index (χ4n) is 2.73. The van der Waals surface area contributed by atoms with Crippen LogP contribution in [0.25, 0.3) is 12.2 Å². The minimum Gasteiger partial charge on any atom is -0.450 e. The molecule has 5 heteroatoms. The van der Waals surface area contributed by atoms with Gasteiger partial charge in [0.05, 0.1) is 0 Å². The molecule has 1 aromatic heterocycles. The van der Waals surface area contributed by atoms with Crippen LogP contribution in [-0.4, -0.2) is 48.4 Å². The van der Waals surface area contributed by atoms with E-state index in [-0.39, 0.29) is 5.91 Å². The molecule has 2 aromatic rings. The van der Waals surface area contributed by atoms with Gasteiger partial charge in [0.25, 0.3) is 0 Å². The number of halogens is 1. The summed E-state index contributed by atoms with van der Waals surface area (Å²) in [7, 11) is 0. The van der Waals surface area contributed by atoms with Gasteiger partial charge in [-0.15, -0.1) is 0 Å². The van der Waals surface area contributed by atoms with Gasteiger partial charge in [-0.2, -0.15) is 0 Å². The molecule has 0 unspecified atom stereocenters. The second-order valence-electron chi connectivity index (χ2n) is 5.91. The van der Waals surface area contributed by atoms with Gasteiger partial charge in [0.2, 0.25) is 5.91 Å². The van der Waals surface area contributed by atoms with Crippen LogP contribution in [0, 0.1) is 0 Å². The fourth-order valence-corrected chi connectivity index (χ4v) is 3.05. The summed E-state index contributed by atoms with van der Waals surface area (Å²) in [6.45, 7) is 4.21. The molecule has 0 aliphatic carbocycles. The second kappa shape index (κ2) is 8.83. The summed E-state index contributed by atoms with van der Waals surface area (Å²) in [5.41, 5.74) is 1.21. The number of nitrogens with zero attached hydrogens (tertiary/aromatic N) is 2. The van der Waals surface area contributed by atoms with E-state index >= 15 is 0 Å². The Balaban J connectivity index is 1.43. The van der Waals surface area contributed by atoms with Crippen molar-refractivity contribution in [2.75, 3.05) is 32.7 Å². The number of hydrogen-bond acceptors (Lipinski definition) is 3. The van der Waals surface area contributed by atoms with Crippen LogP contribution in [0.3, 0.4) is 0 Å². The summed E-state index contributed by atoms with van der Waals surface area (Å²) in [5.74, 6) is 0.705. The molecule has 0 N–H and O–H groups in total. The van der Waals surface area contributed by atoms with E-state index in [0.717, 1.165) is 32.7 Å². The zero-order chi connectivity index (χ0) is 17.5. The Morgan fingerprint density at radius 2 is 1.80 bits per heavy atom. The van der Waals surface area contributed by atoms with E-state index in [9.17, 15) is 4.79 Å². The average Bonchev–Trinajstić information content (AvgIpc) is 3.06. The van der Waals surface area contributed by atoms with Gasteiger partial charge in [-0.25, -0.2) is 0 Å². The fraction of sp³-hybridized carbons (Fsp3) is 0.250. The second-order valence-corrected chi connectivity index (χ2v) is 6.70. The summed E-state index contributed by atoms with van der Waals surface area (Å²) in [6, 6.07) is 13.9. The van der Waals surface area contributed by atoms with Gasteiger partial charge in [-0.05, 0) is 39.7 Å². The lowest BCUT2D eigenvalue weighted by atomic mass is 10.2. The molecule has 0 spiro atoms. The van der Waals surface area contributed by atoms with Gasteiger partial charge in [0.1, 0.15) is 5.76 Å². The molecule has 1 saturated heterocycles. The van der Waals surface area contributed by atoms with Gasteiger partial charge >= 0.3 is 0 Å². The summed E-state index contributed by atoms with van der Waals surface area (Å²) < 4.78 is 6.03. The molecule has 1 fully saturated rings. The van der Waals surface area contributed by atoms with Crippen molar-refractivity contribution in [1.29, 1.82) is 0 Å². The number of amides is 1. The van der Waals surface area contributed by atoms with Crippen LogP contribution in [-0.2, 0) is 4.79 Å². The summed E-state index contributed by atoms with van der Waals surface area (Å²) in [4.78, 5) is 16.5. The van der Waals surface area contributed by atoms with Crippen LogP contribution in [0.5, 0.6) is 0 Å². The first-order valence-electron chi connectivity index (χ1n) is 8.37. The van der Waals surface area contributed by atoms with Crippen LogP contribution >= 0.6 is 15.9 Å². The first-order valence-corrected chi connectivity index (χ1v) is 9.16. The van der Waals surface area contributed by atoms with Gasteiger partial charge in [0.15, 0.2) is 4.67 Å². The van der Waals surface area contributed by atoms with E-state index in [1.54, 1.807) is 12.2 Å². The largest absolute Gasteiger partial charge is 0.450 e. The number of carbonyl (C=O) groups excluding carboxylic acids is 1. The van der Waals surface area contributed by atoms with Gasteiger partial charge in [0, 0.05) is 38.8 Å². The number of furan rings is 1. The molecule has 0 atom stereocenters. The van der Waals surface area contributed by atoms with E-state index < -0.39 is 0 Å². The van der Waals surface area contributed by atoms with Crippen molar-refractivity contribution in [3.8, 4) is 0 Å². The lowest BCUT2D eigenvalue weighted by Crippen LogP contribution is -2.48. The molecule has 1 aliphatic rings. The molecule has 0 radical (unpaired) electrons. The van der Waals surface area contributed by atoms with E-state index in [1.807, 2.05) is 35.2 Å². The SMILES string of the molecule is O=C(C=Cc1ccc(Br)o1)N1CCN(CC=Cc2ccccc2)CC1. The number of rotatable bonds is 5. The monoisotopic (exact) mass is 400 g/mol. The zero-order valence-electron chi connectivity index (χ0n) is 14.0. The zero-order valence-corrected chi connectivity index (χ0v) is 15.6. The molecular weight excluding hydrogens is 380 g/mol. The molecule has 2 heterocycles. The lowest BCUT2D eigenvalue weighted by Gasteiger charge is -2.33. The van der Waals surface area contributed by atoms with Gasteiger partial charge < -0.3 is 9.32 Å². The van der Waals surface area contributed by atoms with E-state index in [1.165, 1.54) is 5.56 Å².